The van der Waals surface area contributed by atoms with Gasteiger partial charge in [0.15, 0.2) is 0 Å². The van der Waals surface area contributed by atoms with Gasteiger partial charge in [-0.15, -0.1) is 0 Å². The lowest BCUT2D eigenvalue weighted by molar-refractivity contribution is -0.145. The summed E-state index contributed by atoms with van der Waals surface area (Å²) in [7, 11) is -3.67. The van der Waals surface area contributed by atoms with E-state index in [2.05, 4.69) is 9.88 Å². The molecule has 1 aromatic carbocycles. The first-order valence-corrected chi connectivity index (χ1v) is 11.5. The lowest BCUT2D eigenvalue weighted by Crippen LogP contribution is -2.63. The Morgan fingerprint density at radius 1 is 1.09 bits per heavy atom. The molecule has 4 aliphatic rings. The van der Waals surface area contributed by atoms with Gasteiger partial charge in [-0.25, -0.2) is 4.79 Å². The molecule has 0 radical (unpaired) electrons. The molecule has 1 aromatic heterocycles. The Hall–Kier alpha value is -2.35. The third kappa shape index (κ3) is 5.91. The van der Waals surface area contributed by atoms with Gasteiger partial charge in [0.25, 0.3) is 10.1 Å². The van der Waals surface area contributed by atoms with Crippen molar-refractivity contribution in [3.8, 4) is 0 Å². The molecule has 2 atom stereocenters. The fourth-order valence-electron chi connectivity index (χ4n) is 4.87. The van der Waals surface area contributed by atoms with Crippen molar-refractivity contribution in [2.24, 2.45) is 5.92 Å². The van der Waals surface area contributed by atoms with Crippen LogP contribution < -0.4 is 0 Å². The van der Waals surface area contributed by atoms with E-state index in [1.54, 1.807) is 6.20 Å². The standard InChI is InChI=1S/C19H20N2O3.CH4O3S.3H2O/c22-18-10-21-12-5-11(18)6-13(21)8-14(7-12)24-19(23)16-9-20-17-4-2-1-3-15(16)17;1-5(2,3)4;;;/h1-4,9,11-14,20H,5-8,10H2;1H3,(H,2,3,4);3*1H2. The van der Waals surface area contributed by atoms with Crippen LogP contribution in [0.5, 0.6) is 0 Å². The average Bonchev–Trinajstić information content (AvgIpc) is 3.04. The number of esters is 1. The van der Waals surface area contributed by atoms with E-state index < -0.39 is 10.1 Å². The van der Waals surface area contributed by atoms with E-state index in [0.29, 0.717) is 36.2 Å². The number of Topliss-reactive ketones (excluding diaryl/α,β-unsaturated/α-hetero) is 1. The van der Waals surface area contributed by atoms with Crippen molar-refractivity contribution in [2.75, 3.05) is 12.8 Å². The third-order valence-corrected chi connectivity index (χ3v) is 6.00. The number of hydrogen-bond donors (Lipinski definition) is 2. The second kappa shape index (κ2) is 10.5. The summed E-state index contributed by atoms with van der Waals surface area (Å²) in [6, 6.07) is 8.58. The molecule has 2 aromatic rings. The van der Waals surface area contributed by atoms with Crippen LogP contribution in [0.4, 0.5) is 0 Å². The highest BCUT2D eigenvalue weighted by atomic mass is 32.2. The SMILES string of the molecule is CS(=O)(=O)O.O.O.O.O=C(OC1CC2CC3CC(C1)N2CC3=O)c1c[nH]c2ccccc12. The molecule has 0 aliphatic carbocycles. The van der Waals surface area contributed by atoms with E-state index in [1.807, 2.05) is 24.3 Å². The smallest absolute Gasteiger partial charge is 0.340 e. The lowest BCUT2D eigenvalue weighted by Gasteiger charge is -2.54. The quantitative estimate of drug-likeness (QED) is 0.431. The van der Waals surface area contributed by atoms with Gasteiger partial charge in [-0.1, -0.05) is 18.2 Å². The summed E-state index contributed by atoms with van der Waals surface area (Å²) in [5.41, 5.74) is 1.56. The number of H-pyrrole nitrogens is 1. The Labute approximate surface area is 185 Å². The molecule has 32 heavy (non-hydrogen) atoms. The number of fused-ring (bicyclic) bond motifs is 2. The molecule has 6 rings (SSSR count). The number of aromatic amines is 1. The summed E-state index contributed by atoms with van der Waals surface area (Å²) in [4.78, 5) is 30.0. The molecule has 8 N–H and O–H groups in total. The molecule has 4 aliphatic heterocycles. The van der Waals surface area contributed by atoms with Crippen molar-refractivity contribution < 1.29 is 43.7 Å². The normalized spacial score (nSPS) is 27.7. The predicted octanol–water partition coefficient (Wildman–Crippen LogP) is -0.451. The second-order valence-corrected chi connectivity index (χ2v) is 9.56. The van der Waals surface area contributed by atoms with Gasteiger partial charge in [0.05, 0.1) is 18.4 Å². The van der Waals surface area contributed by atoms with Gasteiger partial charge in [0.2, 0.25) is 0 Å². The van der Waals surface area contributed by atoms with Crippen molar-refractivity contribution >= 4 is 32.8 Å². The Morgan fingerprint density at radius 3 is 2.22 bits per heavy atom. The maximum absolute atomic E-state index is 12.6. The van der Waals surface area contributed by atoms with Gasteiger partial charge < -0.3 is 26.1 Å². The van der Waals surface area contributed by atoms with Gasteiger partial charge in [0, 0.05) is 47.9 Å². The maximum atomic E-state index is 12.6. The summed E-state index contributed by atoms with van der Waals surface area (Å²) in [6.07, 6.45) is 6.01. The number of ketones is 1. The number of benzene rings is 1. The molecular weight excluding hydrogens is 444 g/mol. The van der Waals surface area contributed by atoms with E-state index in [-0.39, 0.29) is 34.4 Å². The molecule has 0 spiro atoms. The van der Waals surface area contributed by atoms with Crippen molar-refractivity contribution in [3.05, 3.63) is 36.0 Å². The number of rotatable bonds is 2. The first kappa shape index (κ1) is 27.7. The zero-order valence-electron chi connectivity index (χ0n) is 17.6. The van der Waals surface area contributed by atoms with Crippen LogP contribution in [0.1, 0.15) is 36.0 Å². The highest BCUT2D eigenvalue weighted by molar-refractivity contribution is 7.85. The highest BCUT2D eigenvalue weighted by Crippen LogP contribution is 2.42. The van der Waals surface area contributed by atoms with Crippen molar-refractivity contribution in [1.29, 1.82) is 0 Å². The molecule has 180 valence electrons. The number of nitrogens with one attached hydrogen (secondary N) is 1. The maximum Gasteiger partial charge on any atom is 0.340 e. The zero-order valence-corrected chi connectivity index (χ0v) is 18.4. The number of carbonyl (C=O) groups excluding carboxylic acids is 2. The Balaban J connectivity index is 0.000000584. The fourth-order valence-corrected chi connectivity index (χ4v) is 4.87. The van der Waals surface area contributed by atoms with Crippen LogP contribution in [0.25, 0.3) is 10.9 Å². The Kier molecular flexibility index (Phi) is 9.09. The van der Waals surface area contributed by atoms with Crippen LogP contribution in [0.15, 0.2) is 30.5 Å². The molecule has 12 heteroatoms. The minimum atomic E-state index is -3.67. The number of nitrogens with zero attached hydrogens (tertiary/aromatic N) is 1. The molecule has 2 unspecified atom stereocenters. The minimum Gasteiger partial charge on any atom is -0.459 e. The summed E-state index contributed by atoms with van der Waals surface area (Å²) >= 11 is 0. The molecule has 0 saturated carbocycles. The van der Waals surface area contributed by atoms with Crippen LogP contribution in [-0.2, 0) is 19.6 Å². The number of carbonyl (C=O) groups is 2. The van der Waals surface area contributed by atoms with Crippen molar-refractivity contribution in [2.45, 2.75) is 43.9 Å². The fraction of sp³-hybridized carbons (Fsp3) is 0.500. The molecule has 4 bridgehead atoms. The topological polar surface area (TPSA) is 211 Å². The Morgan fingerprint density at radius 2 is 1.66 bits per heavy atom. The van der Waals surface area contributed by atoms with Crippen LogP contribution in [0.2, 0.25) is 0 Å². The summed E-state index contributed by atoms with van der Waals surface area (Å²) in [6.45, 7) is 0.600. The number of para-hydroxylation sites is 1. The first-order chi connectivity index (χ1) is 13.7. The zero-order chi connectivity index (χ0) is 20.8. The van der Waals surface area contributed by atoms with Crippen LogP contribution >= 0.6 is 0 Å². The minimum absolute atomic E-state index is 0. The lowest BCUT2D eigenvalue weighted by atomic mass is 9.72. The van der Waals surface area contributed by atoms with E-state index in [1.165, 1.54) is 0 Å². The second-order valence-electron chi connectivity index (χ2n) is 8.09. The number of piperidine rings is 4. The predicted molar refractivity (Wildman–Crippen MR) is 117 cm³/mol. The molecule has 5 heterocycles. The largest absolute Gasteiger partial charge is 0.459 e. The molecular formula is C20H30N2O9S. The first-order valence-electron chi connectivity index (χ1n) is 9.67. The van der Waals surface area contributed by atoms with Crippen molar-refractivity contribution in [1.82, 2.24) is 9.88 Å². The molecule has 0 amide bonds. The number of aromatic nitrogens is 1. The molecule has 4 fully saturated rings. The Bertz CT molecular complexity index is 1030. The molecule has 11 nitrogen and oxygen atoms in total. The van der Waals surface area contributed by atoms with Gasteiger partial charge in [-0.05, 0) is 18.9 Å². The van der Waals surface area contributed by atoms with Crippen LogP contribution in [0, 0.1) is 5.92 Å². The van der Waals surface area contributed by atoms with E-state index >= 15 is 0 Å². The summed E-state index contributed by atoms with van der Waals surface area (Å²) in [5, 5.41) is 0.909. The van der Waals surface area contributed by atoms with Crippen LogP contribution in [0.3, 0.4) is 0 Å². The number of ether oxygens (including phenoxy) is 1. The van der Waals surface area contributed by atoms with E-state index in [4.69, 9.17) is 9.29 Å². The van der Waals surface area contributed by atoms with Crippen molar-refractivity contribution in [3.63, 3.8) is 0 Å². The van der Waals surface area contributed by atoms with E-state index in [0.717, 1.165) is 36.6 Å². The molecule has 4 saturated heterocycles. The summed E-state index contributed by atoms with van der Waals surface area (Å²) in [5.74, 6) is 0.403. The van der Waals surface area contributed by atoms with Gasteiger partial charge in [-0.2, -0.15) is 8.42 Å². The van der Waals surface area contributed by atoms with E-state index in [9.17, 15) is 18.0 Å². The highest BCUT2D eigenvalue weighted by Gasteiger charge is 2.49. The average molecular weight is 475 g/mol. The summed E-state index contributed by atoms with van der Waals surface area (Å²) < 4.78 is 31.7. The van der Waals surface area contributed by atoms with Gasteiger partial charge in [-0.3, -0.25) is 14.2 Å². The third-order valence-electron chi connectivity index (χ3n) is 6.00. The monoisotopic (exact) mass is 474 g/mol. The van der Waals surface area contributed by atoms with Gasteiger partial charge in [0.1, 0.15) is 11.9 Å². The number of hydrogen-bond acceptors (Lipinski definition) is 6. The van der Waals surface area contributed by atoms with Crippen LogP contribution in [-0.4, -0.2) is 82.0 Å². The van der Waals surface area contributed by atoms with Gasteiger partial charge >= 0.3 is 5.97 Å².